The lowest BCUT2D eigenvalue weighted by atomic mass is 9.93. The number of anilines is 2. The molecular weight excluding hydrogens is 423 g/mol. The van der Waals surface area contributed by atoms with Crippen molar-refractivity contribution in [3.63, 3.8) is 0 Å². The first-order valence-electron chi connectivity index (χ1n) is 12.2. The van der Waals surface area contributed by atoms with Crippen LogP contribution in [0.15, 0.2) is 29.9 Å². The largest absolute Gasteiger partial charge is 0.393 e. The van der Waals surface area contributed by atoms with Crippen LogP contribution in [-0.2, 0) is 0 Å². The predicted octanol–water partition coefficient (Wildman–Crippen LogP) is 4.21. The van der Waals surface area contributed by atoms with Gasteiger partial charge in [0.15, 0.2) is 5.65 Å². The van der Waals surface area contributed by atoms with E-state index >= 15 is 0 Å². The summed E-state index contributed by atoms with van der Waals surface area (Å²) in [5.74, 6) is 1.09. The van der Waals surface area contributed by atoms with Crippen molar-refractivity contribution in [3.8, 4) is 0 Å². The molecule has 0 radical (unpaired) electrons. The SMILES string of the molecule is CC1C=C(Nc2nc3cnc(N[C@H]4CC[C@H](O)CC4)nc3n2[C@H]2CC[C@H](O)CC2)C(F)=CC1. The van der Waals surface area contributed by atoms with Gasteiger partial charge in [-0.25, -0.2) is 14.4 Å². The van der Waals surface area contributed by atoms with Crippen LogP contribution in [0.25, 0.3) is 11.2 Å². The number of aliphatic hydroxyl groups is 2. The molecule has 178 valence electrons. The van der Waals surface area contributed by atoms with Crippen molar-refractivity contribution in [2.24, 2.45) is 5.92 Å². The highest BCUT2D eigenvalue weighted by Crippen LogP contribution is 2.35. The lowest BCUT2D eigenvalue weighted by Crippen LogP contribution is -2.29. The van der Waals surface area contributed by atoms with Crippen LogP contribution < -0.4 is 10.6 Å². The number of hydrogen-bond donors (Lipinski definition) is 4. The molecular formula is C24H33FN6O2. The van der Waals surface area contributed by atoms with Crippen LogP contribution in [0.2, 0.25) is 0 Å². The van der Waals surface area contributed by atoms with Gasteiger partial charge in [-0.05, 0) is 69.8 Å². The van der Waals surface area contributed by atoms with Crippen LogP contribution >= 0.6 is 0 Å². The fourth-order valence-electron chi connectivity index (χ4n) is 5.17. The fourth-order valence-corrected chi connectivity index (χ4v) is 5.17. The molecule has 0 aliphatic heterocycles. The summed E-state index contributed by atoms with van der Waals surface area (Å²) < 4.78 is 16.6. The maximum absolute atomic E-state index is 14.5. The van der Waals surface area contributed by atoms with Crippen molar-refractivity contribution in [3.05, 3.63) is 29.9 Å². The summed E-state index contributed by atoms with van der Waals surface area (Å²) in [6, 6.07) is 0.347. The lowest BCUT2D eigenvalue weighted by Gasteiger charge is -2.28. The summed E-state index contributed by atoms with van der Waals surface area (Å²) in [6.07, 6.45) is 11.8. The first-order valence-corrected chi connectivity index (χ1v) is 12.2. The van der Waals surface area contributed by atoms with E-state index in [9.17, 15) is 14.6 Å². The quantitative estimate of drug-likeness (QED) is 0.534. The molecule has 2 saturated carbocycles. The Balaban J connectivity index is 1.48. The molecule has 3 aliphatic rings. The molecule has 0 saturated heterocycles. The molecule has 1 atom stereocenters. The zero-order valence-corrected chi connectivity index (χ0v) is 19.0. The van der Waals surface area contributed by atoms with Gasteiger partial charge in [0.05, 0.1) is 24.1 Å². The first-order chi connectivity index (χ1) is 16.0. The number of hydrogen-bond acceptors (Lipinski definition) is 7. The smallest absolute Gasteiger partial charge is 0.224 e. The highest BCUT2D eigenvalue weighted by atomic mass is 19.1. The number of nitrogens with zero attached hydrogens (tertiary/aromatic N) is 4. The highest BCUT2D eigenvalue weighted by Gasteiger charge is 2.27. The van der Waals surface area contributed by atoms with E-state index < -0.39 is 0 Å². The summed E-state index contributed by atoms with van der Waals surface area (Å²) in [5.41, 5.74) is 1.80. The predicted molar refractivity (Wildman–Crippen MR) is 125 cm³/mol. The summed E-state index contributed by atoms with van der Waals surface area (Å²) in [4.78, 5) is 14.0. The van der Waals surface area contributed by atoms with E-state index in [0.717, 1.165) is 51.4 Å². The Labute approximate surface area is 193 Å². The Hall–Kier alpha value is -2.52. The second kappa shape index (κ2) is 9.38. The summed E-state index contributed by atoms with van der Waals surface area (Å²) in [6.45, 7) is 2.06. The number of nitrogens with one attached hydrogen (secondary N) is 2. The van der Waals surface area contributed by atoms with Crippen LogP contribution in [0.4, 0.5) is 16.3 Å². The highest BCUT2D eigenvalue weighted by molar-refractivity contribution is 5.76. The van der Waals surface area contributed by atoms with Gasteiger partial charge in [-0.1, -0.05) is 13.0 Å². The van der Waals surface area contributed by atoms with Crippen LogP contribution in [0.1, 0.15) is 70.8 Å². The molecule has 33 heavy (non-hydrogen) atoms. The average Bonchev–Trinajstić information content (AvgIpc) is 3.15. The second-order valence-corrected chi connectivity index (χ2v) is 9.79. The number of fused-ring (bicyclic) bond motifs is 1. The number of aromatic nitrogens is 4. The van der Waals surface area contributed by atoms with Crippen molar-refractivity contribution >= 4 is 23.1 Å². The monoisotopic (exact) mass is 456 g/mol. The van der Waals surface area contributed by atoms with Crippen LogP contribution in [0, 0.1) is 5.92 Å². The molecule has 8 nitrogen and oxygen atoms in total. The molecule has 1 unspecified atom stereocenters. The molecule has 5 rings (SSSR count). The normalized spacial score (nSPS) is 30.6. The van der Waals surface area contributed by atoms with Crippen molar-refractivity contribution in [2.75, 3.05) is 10.6 Å². The number of rotatable bonds is 5. The third kappa shape index (κ3) is 4.89. The third-order valence-electron chi connectivity index (χ3n) is 7.12. The minimum Gasteiger partial charge on any atom is -0.393 e. The van der Waals surface area contributed by atoms with Gasteiger partial charge in [-0.15, -0.1) is 0 Å². The molecule has 0 spiro atoms. The summed E-state index contributed by atoms with van der Waals surface area (Å²) in [5, 5.41) is 26.4. The lowest BCUT2D eigenvalue weighted by molar-refractivity contribution is 0.112. The zero-order valence-electron chi connectivity index (χ0n) is 19.0. The fraction of sp³-hybridized carbons (Fsp3) is 0.625. The number of imidazole rings is 1. The molecule has 2 fully saturated rings. The maximum atomic E-state index is 14.5. The number of halogens is 1. The van der Waals surface area contributed by atoms with Crippen molar-refractivity contribution in [1.82, 2.24) is 19.5 Å². The topological polar surface area (TPSA) is 108 Å². The zero-order chi connectivity index (χ0) is 22.9. The van der Waals surface area contributed by atoms with E-state index in [1.54, 1.807) is 12.3 Å². The molecule has 2 aromatic heterocycles. The molecule has 0 bridgehead atoms. The number of aliphatic hydroxyl groups excluding tert-OH is 2. The van der Waals surface area contributed by atoms with Crippen molar-refractivity contribution < 1.29 is 14.6 Å². The molecule has 4 N–H and O–H groups in total. The van der Waals surface area contributed by atoms with Gasteiger partial charge < -0.3 is 20.8 Å². The standard InChI is InChI=1S/C24H33FN6O2/c1-14-2-11-19(25)20(12-14)28-24-29-21-13-26-23(27-15-3-7-17(32)8-4-15)30-22(21)31(24)16-5-9-18(33)10-6-16/h11-18,32-33H,2-10H2,1H3,(H,28,29)(H,26,27,30)/t14?,15-,16-,17-,18-. The second-order valence-electron chi connectivity index (χ2n) is 9.79. The van der Waals surface area contributed by atoms with Crippen molar-refractivity contribution in [2.45, 2.75) is 89.0 Å². The van der Waals surface area contributed by atoms with Gasteiger partial charge in [0, 0.05) is 12.1 Å². The van der Waals surface area contributed by atoms with E-state index in [0.29, 0.717) is 35.2 Å². The Kier molecular flexibility index (Phi) is 6.34. The summed E-state index contributed by atoms with van der Waals surface area (Å²) >= 11 is 0. The average molecular weight is 457 g/mol. The van der Waals surface area contributed by atoms with E-state index in [1.165, 1.54) is 0 Å². The van der Waals surface area contributed by atoms with Gasteiger partial charge in [-0.3, -0.25) is 4.57 Å². The Morgan fingerprint density at radius 1 is 1.00 bits per heavy atom. The van der Waals surface area contributed by atoms with Gasteiger partial charge in [-0.2, -0.15) is 4.98 Å². The van der Waals surface area contributed by atoms with E-state index in [-0.39, 0.29) is 36.0 Å². The minimum absolute atomic E-state index is 0.113. The molecule has 0 aromatic carbocycles. The molecule has 2 heterocycles. The first kappa shape index (κ1) is 22.3. The van der Waals surface area contributed by atoms with E-state index in [1.807, 2.05) is 6.08 Å². The third-order valence-corrected chi connectivity index (χ3v) is 7.12. The Morgan fingerprint density at radius 2 is 1.70 bits per heavy atom. The maximum Gasteiger partial charge on any atom is 0.224 e. The minimum atomic E-state index is -0.275. The Morgan fingerprint density at radius 3 is 2.42 bits per heavy atom. The number of allylic oxidation sites excluding steroid dienone is 3. The molecule has 0 amide bonds. The molecule has 9 heteroatoms. The van der Waals surface area contributed by atoms with E-state index in [4.69, 9.17) is 9.97 Å². The van der Waals surface area contributed by atoms with Gasteiger partial charge >= 0.3 is 0 Å². The van der Waals surface area contributed by atoms with Crippen LogP contribution in [0.3, 0.4) is 0 Å². The van der Waals surface area contributed by atoms with Gasteiger partial charge in [0.25, 0.3) is 0 Å². The summed E-state index contributed by atoms with van der Waals surface area (Å²) in [7, 11) is 0. The van der Waals surface area contributed by atoms with Crippen molar-refractivity contribution in [1.29, 1.82) is 0 Å². The van der Waals surface area contributed by atoms with Gasteiger partial charge in [0.1, 0.15) is 11.3 Å². The van der Waals surface area contributed by atoms with Crippen LogP contribution in [-0.4, -0.2) is 48.0 Å². The Bertz CT molecular complexity index is 1050. The van der Waals surface area contributed by atoms with Crippen LogP contribution in [0.5, 0.6) is 0 Å². The van der Waals surface area contributed by atoms with E-state index in [2.05, 4.69) is 27.1 Å². The van der Waals surface area contributed by atoms with Gasteiger partial charge in [0.2, 0.25) is 11.9 Å². The molecule has 2 aromatic rings. The molecule has 3 aliphatic carbocycles.